The molecule has 2 aromatic rings. The van der Waals surface area contributed by atoms with Gasteiger partial charge in [0.15, 0.2) is 0 Å². The number of aromatic nitrogens is 2. The van der Waals surface area contributed by atoms with E-state index in [-0.39, 0.29) is 0 Å². The standard InChI is InChI=1S/C12H7F9N2/c1-6-22-7-4-2-3-5-8(7)23(6)9(10(13,14)15,11(16,17)18)12(19,20)21/h2-5H,1H3. The molecule has 0 bridgehead atoms. The molecule has 1 aromatic carbocycles. The fourth-order valence-electron chi connectivity index (χ4n) is 2.43. The summed E-state index contributed by atoms with van der Waals surface area (Å²) >= 11 is 0. The second-order valence-corrected chi connectivity index (χ2v) is 4.69. The van der Waals surface area contributed by atoms with E-state index < -0.39 is 45.5 Å². The molecular formula is C12H7F9N2. The van der Waals surface area contributed by atoms with Gasteiger partial charge in [0.25, 0.3) is 0 Å². The summed E-state index contributed by atoms with van der Waals surface area (Å²) in [6, 6.07) is 3.99. The predicted molar refractivity (Wildman–Crippen MR) is 60.6 cm³/mol. The number of rotatable bonds is 1. The topological polar surface area (TPSA) is 17.8 Å². The number of para-hydroxylation sites is 2. The lowest BCUT2D eigenvalue weighted by Gasteiger charge is -2.40. The highest BCUT2D eigenvalue weighted by atomic mass is 19.4. The van der Waals surface area contributed by atoms with E-state index in [1.54, 1.807) is 0 Å². The monoisotopic (exact) mass is 350 g/mol. The molecule has 1 heterocycles. The van der Waals surface area contributed by atoms with Crippen LogP contribution in [0.5, 0.6) is 0 Å². The van der Waals surface area contributed by atoms with E-state index in [2.05, 4.69) is 4.98 Å². The van der Waals surface area contributed by atoms with Crippen LogP contribution in [0.2, 0.25) is 0 Å². The lowest BCUT2D eigenvalue weighted by atomic mass is 9.95. The van der Waals surface area contributed by atoms with Gasteiger partial charge in [0.05, 0.1) is 11.0 Å². The van der Waals surface area contributed by atoms with Crippen LogP contribution in [0.25, 0.3) is 11.0 Å². The molecule has 0 saturated carbocycles. The average Bonchev–Trinajstić information content (AvgIpc) is 2.62. The highest BCUT2D eigenvalue weighted by molar-refractivity contribution is 5.76. The lowest BCUT2D eigenvalue weighted by molar-refractivity contribution is -0.412. The molecule has 23 heavy (non-hydrogen) atoms. The first kappa shape index (κ1) is 17.4. The van der Waals surface area contributed by atoms with Crippen LogP contribution >= 0.6 is 0 Å². The number of benzene rings is 1. The van der Waals surface area contributed by atoms with Crippen molar-refractivity contribution >= 4 is 11.0 Å². The summed E-state index contributed by atoms with van der Waals surface area (Å²) in [7, 11) is 0. The zero-order valence-corrected chi connectivity index (χ0v) is 11.1. The zero-order valence-electron chi connectivity index (χ0n) is 11.1. The molecule has 2 rings (SSSR count). The third-order valence-electron chi connectivity index (χ3n) is 3.29. The summed E-state index contributed by atoms with van der Waals surface area (Å²) in [5.74, 6) is -1.06. The van der Waals surface area contributed by atoms with Gasteiger partial charge in [-0.05, 0) is 19.1 Å². The first-order valence-electron chi connectivity index (χ1n) is 5.90. The van der Waals surface area contributed by atoms with Crippen molar-refractivity contribution in [3.8, 4) is 0 Å². The van der Waals surface area contributed by atoms with Gasteiger partial charge in [-0.15, -0.1) is 0 Å². The average molecular weight is 350 g/mol. The van der Waals surface area contributed by atoms with Crippen LogP contribution < -0.4 is 0 Å². The van der Waals surface area contributed by atoms with Crippen molar-refractivity contribution in [1.29, 1.82) is 0 Å². The molecule has 0 N–H and O–H groups in total. The highest BCUT2D eigenvalue weighted by Gasteiger charge is 2.85. The maximum atomic E-state index is 13.1. The Labute approximate surface area is 122 Å². The number of nitrogens with zero attached hydrogens (tertiary/aromatic N) is 2. The van der Waals surface area contributed by atoms with E-state index in [0.29, 0.717) is 13.0 Å². The lowest BCUT2D eigenvalue weighted by Crippen LogP contribution is -2.67. The maximum Gasteiger partial charge on any atom is 0.430 e. The van der Waals surface area contributed by atoms with Gasteiger partial charge in [-0.1, -0.05) is 12.1 Å². The normalized spacial score (nSPS) is 14.5. The molecule has 0 aliphatic heterocycles. The summed E-state index contributed by atoms with van der Waals surface area (Å²) in [6.07, 6.45) is -20.0. The van der Waals surface area contributed by atoms with Gasteiger partial charge in [0, 0.05) is 0 Å². The van der Waals surface area contributed by atoms with E-state index in [4.69, 9.17) is 0 Å². The van der Waals surface area contributed by atoms with E-state index in [1.807, 2.05) is 0 Å². The van der Waals surface area contributed by atoms with Crippen molar-refractivity contribution < 1.29 is 39.5 Å². The first-order chi connectivity index (χ1) is 10.2. The van der Waals surface area contributed by atoms with Crippen molar-refractivity contribution in [3.05, 3.63) is 30.1 Å². The highest BCUT2D eigenvalue weighted by Crippen LogP contribution is 2.58. The van der Waals surface area contributed by atoms with Gasteiger partial charge in [0.2, 0.25) is 0 Å². The minimum atomic E-state index is -6.68. The number of alkyl halides is 9. The second-order valence-electron chi connectivity index (χ2n) is 4.69. The van der Waals surface area contributed by atoms with Crippen LogP contribution in [-0.2, 0) is 5.54 Å². The number of hydrogen-bond acceptors (Lipinski definition) is 1. The van der Waals surface area contributed by atoms with Crippen LogP contribution in [0.4, 0.5) is 39.5 Å². The largest absolute Gasteiger partial charge is 0.430 e. The minimum absolute atomic E-state index is 0.410. The van der Waals surface area contributed by atoms with Crippen molar-refractivity contribution in [2.24, 2.45) is 0 Å². The Morgan fingerprint density at radius 2 is 1.22 bits per heavy atom. The maximum absolute atomic E-state index is 13.1. The van der Waals surface area contributed by atoms with Gasteiger partial charge in [-0.3, -0.25) is 4.57 Å². The smallest absolute Gasteiger partial charge is 0.297 e. The van der Waals surface area contributed by atoms with E-state index in [1.165, 1.54) is 6.07 Å². The molecule has 0 aliphatic rings. The quantitative estimate of drug-likeness (QED) is 0.680. The third-order valence-corrected chi connectivity index (χ3v) is 3.29. The van der Waals surface area contributed by atoms with Crippen molar-refractivity contribution in [2.45, 2.75) is 31.0 Å². The molecule has 0 atom stereocenters. The molecule has 1 aromatic heterocycles. The minimum Gasteiger partial charge on any atom is -0.297 e. The van der Waals surface area contributed by atoms with Crippen LogP contribution in [0.3, 0.4) is 0 Å². The Kier molecular flexibility index (Phi) is 3.62. The summed E-state index contributed by atoms with van der Waals surface area (Å²) < 4.78 is 118. The van der Waals surface area contributed by atoms with Crippen molar-refractivity contribution in [3.63, 3.8) is 0 Å². The molecule has 0 saturated heterocycles. The first-order valence-corrected chi connectivity index (χ1v) is 5.90. The van der Waals surface area contributed by atoms with Gasteiger partial charge in [-0.2, -0.15) is 39.5 Å². The fraction of sp³-hybridized carbons (Fsp3) is 0.417. The van der Waals surface area contributed by atoms with Crippen LogP contribution in [0.15, 0.2) is 24.3 Å². The summed E-state index contributed by atoms with van der Waals surface area (Å²) in [5.41, 5.74) is -7.42. The summed E-state index contributed by atoms with van der Waals surface area (Å²) in [6.45, 7) is 0.651. The molecule has 11 heteroatoms. The third kappa shape index (κ3) is 2.24. The van der Waals surface area contributed by atoms with Gasteiger partial charge >= 0.3 is 24.1 Å². The predicted octanol–water partition coefficient (Wildman–Crippen LogP) is 4.73. The summed E-state index contributed by atoms with van der Waals surface area (Å²) in [4.78, 5) is 3.38. The summed E-state index contributed by atoms with van der Waals surface area (Å²) in [5, 5.41) is 0. The Balaban J connectivity index is 3.06. The zero-order chi connectivity index (χ0) is 17.8. The molecule has 128 valence electrons. The Morgan fingerprint density at radius 3 is 1.65 bits per heavy atom. The van der Waals surface area contributed by atoms with Crippen LogP contribution in [0.1, 0.15) is 5.82 Å². The number of fused-ring (bicyclic) bond motifs is 1. The molecular weight excluding hydrogens is 343 g/mol. The number of imidazole rings is 1. The molecule has 2 nitrogen and oxygen atoms in total. The molecule has 0 spiro atoms. The molecule has 0 radical (unpaired) electrons. The molecule has 0 unspecified atom stereocenters. The Hall–Kier alpha value is -1.94. The van der Waals surface area contributed by atoms with Gasteiger partial charge in [-0.25, -0.2) is 4.98 Å². The number of halogens is 9. The molecule has 0 amide bonds. The SMILES string of the molecule is Cc1nc2ccccc2n1C(C(F)(F)F)(C(F)(F)F)C(F)(F)F. The Morgan fingerprint density at radius 1 is 0.783 bits per heavy atom. The number of hydrogen-bond donors (Lipinski definition) is 0. The van der Waals surface area contributed by atoms with E-state index >= 15 is 0 Å². The second kappa shape index (κ2) is 4.78. The van der Waals surface area contributed by atoms with E-state index in [9.17, 15) is 39.5 Å². The van der Waals surface area contributed by atoms with Crippen LogP contribution in [0, 0.1) is 6.92 Å². The fourth-order valence-corrected chi connectivity index (χ4v) is 2.43. The molecule has 0 aliphatic carbocycles. The van der Waals surface area contributed by atoms with Gasteiger partial charge < -0.3 is 0 Å². The van der Waals surface area contributed by atoms with Gasteiger partial charge in [0.1, 0.15) is 5.82 Å². The van der Waals surface area contributed by atoms with Crippen molar-refractivity contribution in [1.82, 2.24) is 9.55 Å². The van der Waals surface area contributed by atoms with E-state index in [0.717, 1.165) is 12.1 Å². The van der Waals surface area contributed by atoms with Crippen molar-refractivity contribution in [2.75, 3.05) is 0 Å². The molecule has 0 fully saturated rings. The van der Waals surface area contributed by atoms with Crippen LogP contribution in [-0.4, -0.2) is 28.1 Å². The Bertz CT molecular complexity index is 685. The number of aryl methyl sites for hydroxylation is 1.